The molecule has 21 heavy (non-hydrogen) atoms. The van der Waals surface area contributed by atoms with Crippen molar-refractivity contribution in [1.29, 1.82) is 0 Å². The Hall–Kier alpha value is -1.42. The van der Waals surface area contributed by atoms with Crippen molar-refractivity contribution in [3.05, 3.63) is 35.6 Å². The molecule has 0 bridgehead atoms. The van der Waals surface area contributed by atoms with Crippen molar-refractivity contribution in [3.8, 4) is 0 Å². The first-order chi connectivity index (χ1) is 10.1. The molecule has 4 heteroatoms. The van der Waals surface area contributed by atoms with Gasteiger partial charge in [-0.15, -0.1) is 0 Å². The lowest BCUT2D eigenvalue weighted by atomic mass is 9.94. The molecule has 0 radical (unpaired) electrons. The lowest BCUT2D eigenvalue weighted by Crippen LogP contribution is -2.42. The van der Waals surface area contributed by atoms with Crippen LogP contribution in [0, 0.1) is 5.82 Å². The number of carbonyl (C=O) groups is 1. The first-order valence-corrected chi connectivity index (χ1v) is 7.75. The first kappa shape index (κ1) is 16.0. The second-order valence-corrected chi connectivity index (χ2v) is 6.05. The van der Waals surface area contributed by atoms with Gasteiger partial charge in [0, 0.05) is 25.2 Å². The van der Waals surface area contributed by atoms with E-state index < -0.39 is 0 Å². The lowest BCUT2D eigenvalue weighted by Gasteiger charge is -2.31. The monoisotopic (exact) mass is 292 g/mol. The number of hydrogen-bond donors (Lipinski definition) is 0. The van der Waals surface area contributed by atoms with E-state index in [1.807, 2.05) is 7.05 Å². The Morgan fingerprint density at radius 3 is 2.52 bits per heavy atom. The molecule has 1 aliphatic rings. The van der Waals surface area contributed by atoms with Crippen LogP contribution in [0.15, 0.2) is 24.3 Å². The predicted molar refractivity (Wildman–Crippen MR) is 82.4 cm³/mol. The molecule has 116 valence electrons. The van der Waals surface area contributed by atoms with Gasteiger partial charge in [0.15, 0.2) is 0 Å². The van der Waals surface area contributed by atoms with Gasteiger partial charge < -0.3 is 4.90 Å². The summed E-state index contributed by atoms with van der Waals surface area (Å²) in [6.07, 6.45) is 6.19. The van der Waals surface area contributed by atoms with Crippen molar-refractivity contribution in [3.63, 3.8) is 0 Å². The van der Waals surface area contributed by atoms with Crippen molar-refractivity contribution in [2.45, 2.75) is 44.7 Å². The number of amides is 1. The summed E-state index contributed by atoms with van der Waals surface area (Å²) in [6, 6.07) is 7.14. The number of benzene rings is 1. The lowest BCUT2D eigenvalue weighted by molar-refractivity contribution is -0.132. The van der Waals surface area contributed by atoms with Crippen LogP contribution in [0.2, 0.25) is 0 Å². The Labute approximate surface area is 126 Å². The van der Waals surface area contributed by atoms with Gasteiger partial charge in [-0.25, -0.2) is 4.39 Å². The van der Waals surface area contributed by atoms with Crippen LogP contribution in [0.4, 0.5) is 4.39 Å². The van der Waals surface area contributed by atoms with Crippen LogP contribution >= 0.6 is 0 Å². The van der Waals surface area contributed by atoms with Gasteiger partial charge in [-0.05, 0) is 26.0 Å². The van der Waals surface area contributed by atoms with Gasteiger partial charge in [0.05, 0.1) is 6.54 Å². The maximum atomic E-state index is 13.6. The minimum atomic E-state index is -0.252. The zero-order valence-electron chi connectivity index (χ0n) is 13.0. The second kappa shape index (κ2) is 7.55. The highest BCUT2D eigenvalue weighted by Crippen LogP contribution is 2.21. The van der Waals surface area contributed by atoms with Crippen molar-refractivity contribution in [2.75, 3.05) is 20.6 Å². The average Bonchev–Trinajstić information content (AvgIpc) is 2.50. The third-order valence-corrected chi connectivity index (χ3v) is 4.37. The summed E-state index contributed by atoms with van der Waals surface area (Å²) < 4.78 is 13.6. The first-order valence-electron chi connectivity index (χ1n) is 7.75. The zero-order valence-corrected chi connectivity index (χ0v) is 13.0. The molecule has 0 aliphatic heterocycles. The Bertz CT molecular complexity index is 472. The van der Waals surface area contributed by atoms with E-state index in [1.165, 1.54) is 38.2 Å². The van der Waals surface area contributed by atoms with E-state index >= 15 is 0 Å². The number of rotatable bonds is 5. The quantitative estimate of drug-likeness (QED) is 0.833. The van der Waals surface area contributed by atoms with Crippen LogP contribution in [0.5, 0.6) is 0 Å². The molecule has 0 unspecified atom stereocenters. The molecular formula is C17H25FN2O. The second-order valence-electron chi connectivity index (χ2n) is 6.05. The smallest absolute Gasteiger partial charge is 0.236 e. The molecule has 1 saturated carbocycles. The van der Waals surface area contributed by atoms with E-state index in [9.17, 15) is 9.18 Å². The maximum absolute atomic E-state index is 13.6. The summed E-state index contributed by atoms with van der Waals surface area (Å²) in [6.45, 7) is 0.736. The summed E-state index contributed by atoms with van der Waals surface area (Å²) in [5, 5.41) is 0. The highest BCUT2D eigenvalue weighted by Gasteiger charge is 2.21. The number of carbonyl (C=O) groups excluding carboxylic acids is 1. The van der Waals surface area contributed by atoms with Crippen LogP contribution in [0.1, 0.15) is 37.7 Å². The molecule has 1 amide bonds. The van der Waals surface area contributed by atoms with E-state index in [2.05, 4.69) is 4.90 Å². The Morgan fingerprint density at radius 2 is 1.86 bits per heavy atom. The van der Waals surface area contributed by atoms with Gasteiger partial charge >= 0.3 is 0 Å². The summed E-state index contributed by atoms with van der Waals surface area (Å²) in [4.78, 5) is 16.0. The van der Waals surface area contributed by atoms with Gasteiger partial charge in [0.1, 0.15) is 5.82 Å². The molecule has 1 aliphatic carbocycles. The van der Waals surface area contributed by atoms with Crippen LogP contribution in [-0.2, 0) is 11.3 Å². The molecule has 0 heterocycles. The van der Waals surface area contributed by atoms with Crippen molar-refractivity contribution in [2.24, 2.45) is 0 Å². The van der Waals surface area contributed by atoms with Crippen molar-refractivity contribution >= 4 is 5.91 Å². The van der Waals surface area contributed by atoms with Gasteiger partial charge in [-0.3, -0.25) is 9.69 Å². The summed E-state index contributed by atoms with van der Waals surface area (Å²) in [5.74, 6) is -0.205. The van der Waals surface area contributed by atoms with Crippen LogP contribution in [0.25, 0.3) is 0 Å². The fraction of sp³-hybridized carbons (Fsp3) is 0.588. The maximum Gasteiger partial charge on any atom is 0.236 e. The van der Waals surface area contributed by atoms with E-state index in [4.69, 9.17) is 0 Å². The Morgan fingerprint density at radius 1 is 1.19 bits per heavy atom. The van der Waals surface area contributed by atoms with Crippen molar-refractivity contribution in [1.82, 2.24) is 9.80 Å². The molecular weight excluding hydrogens is 267 g/mol. The Kier molecular flexibility index (Phi) is 5.74. The summed E-state index contributed by atoms with van der Waals surface area (Å²) in [7, 11) is 3.76. The van der Waals surface area contributed by atoms with Gasteiger partial charge in [-0.2, -0.15) is 0 Å². The molecule has 1 fully saturated rings. The van der Waals surface area contributed by atoms with Crippen molar-refractivity contribution < 1.29 is 9.18 Å². The van der Waals surface area contributed by atoms with Crippen LogP contribution in [0.3, 0.4) is 0 Å². The molecule has 0 N–H and O–H groups in total. The molecule has 2 rings (SSSR count). The highest BCUT2D eigenvalue weighted by atomic mass is 19.1. The minimum absolute atomic E-state index is 0.0475. The molecule has 0 aromatic heterocycles. The molecule has 3 nitrogen and oxygen atoms in total. The third-order valence-electron chi connectivity index (χ3n) is 4.37. The topological polar surface area (TPSA) is 23.6 Å². The zero-order chi connectivity index (χ0) is 15.2. The van der Waals surface area contributed by atoms with E-state index in [0.717, 1.165) is 0 Å². The number of hydrogen-bond acceptors (Lipinski definition) is 2. The molecule has 0 atom stereocenters. The SMILES string of the molecule is CN(Cc1ccccc1F)C(=O)CN(C)C1CCCCC1. The number of likely N-dealkylation sites (N-methyl/N-ethyl adjacent to an activating group) is 2. The van der Waals surface area contributed by atoms with E-state index in [-0.39, 0.29) is 11.7 Å². The fourth-order valence-electron chi connectivity index (χ4n) is 2.96. The predicted octanol–water partition coefficient (Wildman–Crippen LogP) is 3.05. The fourth-order valence-corrected chi connectivity index (χ4v) is 2.96. The van der Waals surface area contributed by atoms with Gasteiger partial charge in [-0.1, -0.05) is 37.5 Å². The molecule has 1 aromatic carbocycles. The standard InChI is InChI=1S/C17H25FN2O/c1-19(15-9-4-3-5-10-15)13-17(21)20(2)12-14-8-6-7-11-16(14)18/h6-8,11,15H,3-5,9-10,12-13H2,1-2H3. The summed E-state index contributed by atoms with van der Waals surface area (Å²) in [5.41, 5.74) is 0.564. The average molecular weight is 292 g/mol. The molecule has 1 aromatic rings. The van der Waals surface area contributed by atoms with Gasteiger partial charge in [0.2, 0.25) is 5.91 Å². The highest BCUT2D eigenvalue weighted by molar-refractivity contribution is 5.78. The Balaban J connectivity index is 1.86. The van der Waals surface area contributed by atoms with E-state index in [1.54, 1.807) is 30.1 Å². The number of nitrogens with zero attached hydrogens (tertiary/aromatic N) is 2. The van der Waals surface area contributed by atoms with Crippen LogP contribution in [-0.4, -0.2) is 42.4 Å². The largest absolute Gasteiger partial charge is 0.340 e. The van der Waals surface area contributed by atoms with E-state index in [0.29, 0.717) is 24.7 Å². The number of halogens is 1. The minimum Gasteiger partial charge on any atom is -0.340 e. The van der Waals surface area contributed by atoms with Crippen LogP contribution < -0.4 is 0 Å². The normalized spacial score (nSPS) is 16.2. The van der Waals surface area contributed by atoms with Gasteiger partial charge in [0.25, 0.3) is 0 Å². The molecule has 0 spiro atoms. The third kappa shape index (κ3) is 4.53. The molecule has 0 saturated heterocycles. The summed E-state index contributed by atoms with van der Waals surface area (Å²) >= 11 is 0.